The Labute approximate surface area is 115 Å². The number of nitriles is 1. The van der Waals surface area contributed by atoms with Crippen LogP contribution in [0.2, 0.25) is 0 Å². The summed E-state index contributed by atoms with van der Waals surface area (Å²) in [4.78, 5) is 30.1. The SMILES string of the molecule is N#CCCOC(=O)CCc1nc2ccccc2c(=O)[nH]1. The van der Waals surface area contributed by atoms with Crippen LogP contribution in [0.4, 0.5) is 0 Å². The van der Waals surface area contributed by atoms with E-state index in [9.17, 15) is 9.59 Å². The highest BCUT2D eigenvalue weighted by atomic mass is 16.5. The molecule has 2 aromatic rings. The highest BCUT2D eigenvalue weighted by Crippen LogP contribution is 2.06. The summed E-state index contributed by atoms with van der Waals surface area (Å²) in [6.07, 6.45) is 0.592. The fraction of sp³-hybridized carbons (Fsp3) is 0.286. The Morgan fingerprint density at radius 1 is 1.40 bits per heavy atom. The van der Waals surface area contributed by atoms with Crippen molar-refractivity contribution in [3.05, 3.63) is 40.4 Å². The number of hydrogen-bond donors (Lipinski definition) is 1. The Morgan fingerprint density at radius 2 is 2.20 bits per heavy atom. The average molecular weight is 271 g/mol. The number of H-pyrrole nitrogens is 1. The number of rotatable bonds is 5. The summed E-state index contributed by atoms with van der Waals surface area (Å²) in [5.74, 6) is 0.0435. The molecule has 0 saturated heterocycles. The number of aromatic nitrogens is 2. The Hall–Kier alpha value is -2.68. The van der Waals surface area contributed by atoms with Crippen molar-refractivity contribution in [2.24, 2.45) is 0 Å². The van der Waals surface area contributed by atoms with Gasteiger partial charge in [-0.3, -0.25) is 9.59 Å². The van der Waals surface area contributed by atoms with Crippen LogP contribution in [0.3, 0.4) is 0 Å². The van der Waals surface area contributed by atoms with Crippen molar-refractivity contribution in [3.8, 4) is 6.07 Å². The minimum Gasteiger partial charge on any atom is -0.465 e. The largest absolute Gasteiger partial charge is 0.465 e. The van der Waals surface area contributed by atoms with Gasteiger partial charge in [-0.05, 0) is 12.1 Å². The summed E-state index contributed by atoms with van der Waals surface area (Å²) >= 11 is 0. The highest BCUT2D eigenvalue weighted by Gasteiger charge is 2.07. The smallest absolute Gasteiger partial charge is 0.306 e. The molecule has 1 aromatic heterocycles. The maximum Gasteiger partial charge on any atom is 0.306 e. The second-order valence-corrected chi connectivity index (χ2v) is 4.16. The minimum atomic E-state index is -0.406. The lowest BCUT2D eigenvalue weighted by atomic mass is 10.2. The predicted octanol–water partition coefficient (Wildman–Crippen LogP) is 1.31. The molecule has 1 aromatic carbocycles. The molecule has 0 aliphatic heterocycles. The Morgan fingerprint density at radius 3 is 3.00 bits per heavy atom. The number of nitrogens with zero attached hydrogens (tertiary/aromatic N) is 2. The second kappa shape index (κ2) is 6.48. The lowest BCUT2D eigenvalue weighted by molar-refractivity contribution is -0.143. The third-order valence-electron chi connectivity index (χ3n) is 2.70. The number of nitrogens with one attached hydrogen (secondary N) is 1. The number of aromatic amines is 1. The van der Waals surface area contributed by atoms with Gasteiger partial charge in [0, 0.05) is 6.42 Å². The van der Waals surface area contributed by atoms with E-state index in [4.69, 9.17) is 10.00 Å². The first-order chi connectivity index (χ1) is 9.70. The summed E-state index contributed by atoms with van der Waals surface area (Å²) in [6.45, 7) is 0.0942. The summed E-state index contributed by atoms with van der Waals surface area (Å²) in [7, 11) is 0. The number of para-hydroxylation sites is 1. The molecule has 6 heteroatoms. The molecule has 20 heavy (non-hydrogen) atoms. The molecule has 0 aliphatic carbocycles. The molecule has 0 radical (unpaired) electrons. The number of benzene rings is 1. The number of carbonyl (C=O) groups excluding carboxylic acids is 1. The van der Waals surface area contributed by atoms with Crippen molar-refractivity contribution in [1.82, 2.24) is 9.97 Å². The van der Waals surface area contributed by atoms with Gasteiger partial charge in [-0.1, -0.05) is 12.1 Å². The molecule has 1 N–H and O–H groups in total. The zero-order chi connectivity index (χ0) is 14.4. The lowest BCUT2D eigenvalue weighted by Gasteiger charge is -2.03. The lowest BCUT2D eigenvalue weighted by Crippen LogP contribution is -2.14. The van der Waals surface area contributed by atoms with Gasteiger partial charge in [0.25, 0.3) is 5.56 Å². The van der Waals surface area contributed by atoms with E-state index in [0.717, 1.165) is 0 Å². The van der Waals surface area contributed by atoms with Gasteiger partial charge in [-0.15, -0.1) is 0 Å². The van der Waals surface area contributed by atoms with E-state index in [2.05, 4.69) is 9.97 Å². The summed E-state index contributed by atoms with van der Waals surface area (Å²) in [5, 5.41) is 8.85. The summed E-state index contributed by atoms with van der Waals surface area (Å²) in [6, 6.07) is 8.90. The number of carbonyl (C=O) groups is 1. The van der Waals surface area contributed by atoms with Gasteiger partial charge in [-0.25, -0.2) is 4.98 Å². The van der Waals surface area contributed by atoms with Crippen LogP contribution < -0.4 is 5.56 Å². The normalized spacial score (nSPS) is 10.2. The van der Waals surface area contributed by atoms with Crippen molar-refractivity contribution >= 4 is 16.9 Å². The number of ether oxygens (including phenoxy) is 1. The van der Waals surface area contributed by atoms with Gasteiger partial charge < -0.3 is 9.72 Å². The van der Waals surface area contributed by atoms with E-state index < -0.39 is 5.97 Å². The molecule has 0 amide bonds. The first kappa shape index (κ1) is 13.7. The highest BCUT2D eigenvalue weighted by molar-refractivity contribution is 5.77. The van der Waals surface area contributed by atoms with Gasteiger partial charge >= 0.3 is 5.97 Å². The third-order valence-corrected chi connectivity index (χ3v) is 2.70. The molecule has 0 spiro atoms. The molecule has 102 valence electrons. The minimum absolute atomic E-state index is 0.0942. The van der Waals surface area contributed by atoms with Crippen LogP contribution >= 0.6 is 0 Å². The van der Waals surface area contributed by atoms with Crippen LogP contribution in [0.5, 0.6) is 0 Å². The average Bonchev–Trinajstić information content (AvgIpc) is 2.45. The summed E-state index contributed by atoms with van der Waals surface area (Å²) in [5.41, 5.74) is 0.382. The van der Waals surface area contributed by atoms with Gasteiger partial charge in [-0.2, -0.15) is 5.26 Å². The summed E-state index contributed by atoms with van der Waals surface area (Å²) < 4.78 is 4.84. The van der Waals surface area contributed by atoms with Gasteiger partial charge in [0.15, 0.2) is 0 Å². The fourth-order valence-electron chi connectivity index (χ4n) is 1.76. The van der Waals surface area contributed by atoms with E-state index in [-0.39, 0.29) is 25.0 Å². The molecule has 0 bridgehead atoms. The number of esters is 1. The van der Waals surface area contributed by atoms with E-state index in [1.807, 2.05) is 6.07 Å². The molecular formula is C14H13N3O3. The van der Waals surface area contributed by atoms with Crippen molar-refractivity contribution in [2.45, 2.75) is 19.3 Å². The molecule has 2 rings (SSSR count). The molecule has 0 unspecified atom stereocenters. The number of aryl methyl sites for hydroxylation is 1. The number of hydrogen-bond acceptors (Lipinski definition) is 5. The van der Waals surface area contributed by atoms with Crippen LogP contribution in [0, 0.1) is 11.3 Å². The van der Waals surface area contributed by atoms with Crippen molar-refractivity contribution in [3.63, 3.8) is 0 Å². The third kappa shape index (κ3) is 3.42. The Balaban J connectivity index is 2.02. The van der Waals surface area contributed by atoms with Crippen LogP contribution in [0.25, 0.3) is 10.9 Å². The molecule has 0 aliphatic rings. The van der Waals surface area contributed by atoms with Crippen LogP contribution in [0.15, 0.2) is 29.1 Å². The monoisotopic (exact) mass is 271 g/mol. The molecule has 0 fully saturated rings. The first-order valence-electron chi connectivity index (χ1n) is 6.21. The molecule has 0 saturated carbocycles. The maximum atomic E-state index is 11.8. The molecule has 0 atom stereocenters. The topological polar surface area (TPSA) is 95.8 Å². The molecular weight excluding hydrogens is 258 g/mol. The zero-order valence-corrected chi connectivity index (χ0v) is 10.8. The molecule has 1 heterocycles. The van der Waals surface area contributed by atoms with Gasteiger partial charge in [0.05, 0.1) is 29.8 Å². The number of fused-ring (bicyclic) bond motifs is 1. The van der Waals surface area contributed by atoms with E-state index in [0.29, 0.717) is 23.1 Å². The molecule has 6 nitrogen and oxygen atoms in total. The van der Waals surface area contributed by atoms with Crippen molar-refractivity contribution in [1.29, 1.82) is 5.26 Å². The quantitative estimate of drug-likeness (QED) is 0.653. The standard InChI is InChI=1S/C14H13N3O3/c15-8-3-9-20-13(18)7-6-12-16-11-5-2-1-4-10(11)14(19)17-12/h1-2,4-5H,3,6-7,9H2,(H,16,17,19). The van der Waals surface area contributed by atoms with Crippen LogP contribution in [-0.4, -0.2) is 22.5 Å². The van der Waals surface area contributed by atoms with Gasteiger partial charge in [0.1, 0.15) is 12.4 Å². The van der Waals surface area contributed by atoms with Crippen LogP contribution in [0.1, 0.15) is 18.7 Å². The predicted molar refractivity (Wildman–Crippen MR) is 71.9 cm³/mol. The zero-order valence-electron chi connectivity index (χ0n) is 10.8. The maximum absolute atomic E-state index is 11.8. The van der Waals surface area contributed by atoms with E-state index in [1.165, 1.54) is 0 Å². The Bertz CT molecular complexity index is 715. The first-order valence-corrected chi connectivity index (χ1v) is 6.21. The fourth-order valence-corrected chi connectivity index (χ4v) is 1.76. The van der Waals surface area contributed by atoms with Gasteiger partial charge in [0.2, 0.25) is 0 Å². The second-order valence-electron chi connectivity index (χ2n) is 4.16. The van der Waals surface area contributed by atoms with Crippen molar-refractivity contribution in [2.75, 3.05) is 6.61 Å². The van der Waals surface area contributed by atoms with E-state index in [1.54, 1.807) is 24.3 Å². The van der Waals surface area contributed by atoms with Crippen LogP contribution in [-0.2, 0) is 16.0 Å². The van der Waals surface area contributed by atoms with Crippen molar-refractivity contribution < 1.29 is 9.53 Å². The Kier molecular flexibility index (Phi) is 4.45. The van der Waals surface area contributed by atoms with E-state index >= 15 is 0 Å².